The molecule has 1 aliphatic rings. The molecule has 0 fully saturated rings. The van der Waals surface area contributed by atoms with E-state index in [2.05, 4.69) is 40.2 Å². The van der Waals surface area contributed by atoms with Crippen LogP contribution < -0.4 is 4.90 Å². The Morgan fingerprint density at radius 3 is 1.89 bits per heavy atom. The number of benzene rings is 4. The fourth-order valence-electron chi connectivity index (χ4n) is 4.48. The first-order chi connectivity index (χ1) is 18.2. The highest BCUT2D eigenvalue weighted by Gasteiger charge is 2.30. The van der Waals surface area contributed by atoms with Crippen LogP contribution in [0.15, 0.2) is 142 Å². The lowest BCUT2D eigenvalue weighted by Gasteiger charge is -2.21. The summed E-state index contributed by atoms with van der Waals surface area (Å²) in [5, 5.41) is 0. The monoisotopic (exact) mass is 543 g/mol. The average Bonchev–Trinajstić information content (AvgIpc) is 3.55. The summed E-state index contributed by atoms with van der Waals surface area (Å²) in [6, 6.07) is 40.1. The van der Waals surface area contributed by atoms with Crippen molar-refractivity contribution in [2.75, 3.05) is 4.90 Å². The third-order valence-corrected chi connectivity index (χ3v) is 6.87. The fourth-order valence-corrected chi connectivity index (χ4v) is 4.74. The van der Waals surface area contributed by atoms with Crippen molar-refractivity contribution in [1.82, 2.24) is 0 Å². The summed E-state index contributed by atoms with van der Waals surface area (Å²) >= 11 is 3.46. The molecule has 0 saturated heterocycles. The minimum absolute atomic E-state index is 0.0899. The number of rotatable bonds is 5. The smallest absolute Gasteiger partial charge is 0.263 e. The molecule has 1 aromatic heterocycles. The summed E-state index contributed by atoms with van der Waals surface area (Å²) in [5.74, 6) is 1.30. The van der Waals surface area contributed by atoms with Crippen LogP contribution >= 0.6 is 15.9 Å². The Morgan fingerprint density at radius 1 is 0.622 bits per heavy atom. The van der Waals surface area contributed by atoms with Gasteiger partial charge in [-0.3, -0.25) is 9.69 Å². The molecule has 0 spiro atoms. The van der Waals surface area contributed by atoms with Crippen molar-refractivity contribution in [2.45, 2.75) is 0 Å². The number of nitrogens with zero attached hydrogens (tertiary/aromatic N) is 1. The van der Waals surface area contributed by atoms with Gasteiger partial charge in [-0.2, -0.15) is 0 Å². The van der Waals surface area contributed by atoms with E-state index in [1.807, 2.05) is 109 Å². The molecular weight excluding hydrogens is 522 g/mol. The van der Waals surface area contributed by atoms with E-state index in [1.54, 1.807) is 4.90 Å². The van der Waals surface area contributed by atoms with Crippen LogP contribution in [0.5, 0.6) is 0 Å². The van der Waals surface area contributed by atoms with Crippen molar-refractivity contribution in [3.63, 3.8) is 0 Å². The molecule has 4 heteroatoms. The van der Waals surface area contributed by atoms with Crippen LogP contribution in [0.3, 0.4) is 0 Å². The normalized spacial score (nSPS) is 14.3. The van der Waals surface area contributed by atoms with Crippen LogP contribution in [-0.4, -0.2) is 5.91 Å². The maximum absolute atomic E-state index is 13.7. The summed E-state index contributed by atoms with van der Waals surface area (Å²) in [7, 11) is 0. The molecule has 1 aliphatic heterocycles. The maximum Gasteiger partial charge on any atom is 0.263 e. The van der Waals surface area contributed by atoms with Crippen LogP contribution in [0.4, 0.5) is 5.69 Å². The van der Waals surface area contributed by atoms with Crippen molar-refractivity contribution < 1.29 is 9.21 Å². The first-order valence-electron chi connectivity index (χ1n) is 12.0. The predicted molar refractivity (Wildman–Crippen MR) is 154 cm³/mol. The zero-order valence-electron chi connectivity index (χ0n) is 19.8. The number of hydrogen-bond acceptors (Lipinski definition) is 2. The molecule has 0 radical (unpaired) electrons. The van der Waals surface area contributed by atoms with Crippen molar-refractivity contribution >= 4 is 39.3 Å². The molecule has 1 amide bonds. The Bertz CT molecular complexity index is 1610. The molecule has 0 bridgehead atoms. The minimum atomic E-state index is -0.0899. The van der Waals surface area contributed by atoms with Crippen molar-refractivity contribution in [3.05, 3.63) is 149 Å². The second-order valence-corrected chi connectivity index (χ2v) is 9.67. The lowest BCUT2D eigenvalue weighted by molar-refractivity contribution is -0.113. The number of hydrogen-bond donors (Lipinski definition) is 0. The molecule has 4 aromatic carbocycles. The molecule has 0 unspecified atom stereocenters. The summed E-state index contributed by atoms with van der Waals surface area (Å²) in [4.78, 5) is 15.5. The lowest BCUT2D eigenvalue weighted by Crippen LogP contribution is -2.24. The maximum atomic E-state index is 13.7. The highest BCUT2D eigenvalue weighted by Crippen LogP contribution is 2.36. The third kappa shape index (κ3) is 4.72. The Balaban J connectivity index is 1.35. The molecule has 0 N–H and O–H groups in total. The number of furan rings is 1. The molecule has 0 aliphatic carbocycles. The number of halogens is 1. The van der Waals surface area contributed by atoms with Crippen molar-refractivity contribution in [1.29, 1.82) is 0 Å². The van der Waals surface area contributed by atoms with Gasteiger partial charge in [-0.1, -0.05) is 101 Å². The minimum Gasteiger partial charge on any atom is -0.457 e. The van der Waals surface area contributed by atoms with Gasteiger partial charge in [0, 0.05) is 21.3 Å². The summed E-state index contributed by atoms with van der Waals surface area (Å²) in [6.07, 6.45) is 3.75. The summed E-state index contributed by atoms with van der Waals surface area (Å²) in [5.41, 5.74) is 6.42. The zero-order chi connectivity index (χ0) is 25.2. The highest BCUT2D eigenvalue weighted by atomic mass is 79.9. The van der Waals surface area contributed by atoms with Crippen molar-refractivity contribution in [3.8, 4) is 22.5 Å². The zero-order valence-corrected chi connectivity index (χ0v) is 21.4. The van der Waals surface area contributed by atoms with E-state index in [-0.39, 0.29) is 5.91 Å². The highest BCUT2D eigenvalue weighted by molar-refractivity contribution is 9.10. The molecule has 2 heterocycles. The van der Waals surface area contributed by atoms with Crippen LogP contribution in [0.1, 0.15) is 11.3 Å². The average molecular weight is 544 g/mol. The summed E-state index contributed by atoms with van der Waals surface area (Å²) in [6.45, 7) is 0. The molecule has 6 rings (SSSR count). The molecule has 5 aromatic rings. The lowest BCUT2D eigenvalue weighted by atomic mass is 10.0. The van der Waals surface area contributed by atoms with Crippen molar-refractivity contribution in [2.24, 2.45) is 0 Å². The molecule has 3 nitrogen and oxygen atoms in total. The van der Waals surface area contributed by atoms with Gasteiger partial charge < -0.3 is 4.42 Å². The number of carbonyl (C=O) groups is 1. The number of amides is 1. The first kappa shape index (κ1) is 23.0. The van der Waals surface area contributed by atoms with Gasteiger partial charge in [0.05, 0.1) is 5.70 Å². The van der Waals surface area contributed by atoms with Gasteiger partial charge in [0.25, 0.3) is 5.91 Å². The van der Waals surface area contributed by atoms with Crippen LogP contribution in [0.25, 0.3) is 34.2 Å². The first-order valence-corrected chi connectivity index (χ1v) is 12.8. The Hall–Kier alpha value is -4.41. The van der Waals surface area contributed by atoms with E-state index in [0.29, 0.717) is 11.3 Å². The van der Waals surface area contributed by atoms with Crippen LogP contribution in [0.2, 0.25) is 0 Å². The topological polar surface area (TPSA) is 33.5 Å². The second kappa shape index (κ2) is 9.92. The third-order valence-electron chi connectivity index (χ3n) is 6.34. The Morgan fingerprint density at radius 2 is 1.22 bits per heavy atom. The van der Waals surface area contributed by atoms with Gasteiger partial charge in [-0.15, -0.1) is 0 Å². The van der Waals surface area contributed by atoms with Gasteiger partial charge in [-0.25, -0.2) is 0 Å². The Labute approximate surface area is 224 Å². The van der Waals surface area contributed by atoms with E-state index in [4.69, 9.17) is 4.42 Å². The second-order valence-electron chi connectivity index (χ2n) is 8.76. The van der Waals surface area contributed by atoms with Gasteiger partial charge in [-0.05, 0) is 65.2 Å². The van der Waals surface area contributed by atoms with Gasteiger partial charge >= 0.3 is 0 Å². The van der Waals surface area contributed by atoms with Crippen LogP contribution in [0, 0.1) is 0 Å². The molecule has 0 atom stereocenters. The largest absolute Gasteiger partial charge is 0.457 e. The SMILES string of the molecule is O=C1C(=Cc2ccc(-c3ccc(Br)cc3)o2)C=C(c2ccccc2)N1c1ccc(-c2ccccc2)cc1. The van der Waals surface area contributed by atoms with E-state index in [9.17, 15) is 4.79 Å². The van der Waals surface area contributed by atoms with Gasteiger partial charge in [0.15, 0.2) is 0 Å². The number of anilines is 1. The van der Waals surface area contributed by atoms with E-state index < -0.39 is 0 Å². The van der Waals surface area contributed by atoms with Gasteiger partial charge in [0.1, 0.15) is 11.5 Å². The quantitative estimate of drug-likeness (QED) is 0.207. The molecule has 0 saturated carbocycles. The van der Waals surface area contributed by atoms with E-state index in [0.717, 1.165) is 43.9 Å². The molecular formula is C33H22BrNO2. The predicted octanol–water partition coefficient (Wildman–Crippen LogP) is 8.85. The molecule has 37 heavy (non-hydrogen) atoms. The van der Waals surface area contributed by atoms with E-state index in [1.165, 1.54) is 0 Å². The van der Waals surface area contributed by atoms with Gasteiger partial charge in [0.2, 0.25) is 0 Å². The Kier molecular flexibility index (Phi) is 6.17. The molecule has 178 valence electrons. The van der Waals surface area contributed by atoms with E-state index >= 15 is 0 Å². The number of carbonyl (C=O) groups excluding carboxylic acids is 1. The summed E-state index contributed by atoms with van der Waals surface area (Å²) < 4.78 is 7.09. The fraction of sp³-hybridized carbons (Fsp3) is 0. The van der Waals surface area contributed by atoms with Crippen LogP contribution in [-0.2, 0) is 4.79 Å². The standard InChI is InChI=1S/C33H22BrNO2/c34-28-15-11-26(12-16-28)32-20-19-30(37-32)21-27-22-31(25-9-5-2-6-10-25)35(33(27)36)29-17-13-24(14-18-29)23-7-3-1-4-8-23/h1-22H.